The maximum absolute atomic E-state index is 12.7. The van der Waals surface area contributed by atoms with Gasteiger partial charge in [0.15, 0.2) is 12.6 Å². The zero-order valence-electron chi connectivity index (χ0n) is 28.7. The first-order valence-corrected chi connectivity index (χ1v) is 16.4. The standard InChI is InChI=1S/C29H49N3O21/c1-8(15(30)25(44)45)48-26-17(32-10(3)37)20(42)22(14(7-35)50-26)51-27-21(43)24(19(41)13(6-34)49-27)53-29(28(46)47)4-11(38)16(31-9(2)36)23(52-29)18(40)12(39)5-33/h8,11-24,26-27,33-35,38-43H,4-7,30H2,1-3H3,(H,31,36)(H,32,37)(H,44,45)(H,46,47)/t8-,11+,12-,13-,14-,15+,16-,17-,18-,19+,20-,21-,22-,23-,24+,26-,27+,29+/m1/s1. The van der Waals surface area contributed by atoms with E-state index in [1.54, 1.807) is 0 Å². The lowest BCUT2D eigenvalue weighted by molar-refractivity contribution is -0.383. The van der Waals surface area contributed by atoms with Crippen molar-refractivity contribution in [3.63, 3.8) is 0 Å². The molecule has 3 heterocycles. The van der Waals surface area contributed by atoms with E-state index >= 15 is 0 Å². The quantitative estimate of drug-likeness (QED) is 0.0692. The molecule has 0 aliphatic carbocycles. The summed E-state index contributed by atoms with van der Waals surface area (Å²) in [5, 5.41) is 119. The molecular formula is C29H49N3O21. The maximum Gasteiger partial charge on any atom is 0.364 e. The molecule has 3 saturated heterocycles. The maximum atomic E-state index is 12.7. The van der Waals surface area contributed by atoms with Crippen LogP contribution < -0.4 is 16.4 Å². The molecule has 53 heavy (non-hydrogen) atoms. The number of aliphatic carboxylic acids is 2. The van der Waals surface area contributed by atoms with Crippen molar-refractivity contribution in [1.29, 1.82) is 0 Å². The fourth-order valence-electron chi connectivity index (χ4n) is 6.16. The first-order valence-electron chi connectivity index (χ1n) is 16.4. The largest absolute Gasteiger partial charge is 0.480 e. The molecule has 0 spiro atoms. The number of carbonyl (C=O) groups excluding carboxylic acids is 2. The van der Waals surface area contributed by atoms with Crippen LogP contribution in [0.25, 0.3) is 0 Å². The highest BCUT2D eigenvalue weighted by molar-refractivity contribution is 5.77. The first kappa shape index (κ1) is 44.6. The minimum absolute atomic E-state index is 0.738. The van der Waals surface area contributed by atoms with E-state index in [9.17, 15) is 75.3 Å². The number of carboxylic acids is 2. The number of ether oxygens (including phenoxy) is 6. The molecule has 0 aromatic carbocycles. The van der Waals surface area contributed by atoms with Crippen molar-refractivity contribution in [3.8, 4) is 0 Å². The van der Waals surface area contributed by atoms with E-state index < -0.39 is 160 Å². The van der Waals surface area contributed by atoms with E-state index in [4.69, 9.17) is 34.2 Å². The van der Waals surface area contributed by atoms with Gasteiger partial charge >= 0.3 is 11.9 Å². The van der Waals surface area contributed by atoms with Crippen LogP contribution in [0.2, 0.25) is 0 Å². The highest BCUT2D eigenvalue weighted by Gasteiger charge is 2.60. The Labute approximate surface area is 300 Å². The summed E-state index contributed by atoms with van der Waals surface area (Å²) in [6.45, 7) is 0.312. The number of hydrogen-bond donors (Lipinski definition) is 14. The van der Waals surface area contributed by atoms with Gasteiger partial charge in [0.2, 0.25) is 11.8 Å². The highest BCUT2D eigenvalue weighted by atomic mass is 16.8. The Bertz CT molecular complexity index is 1270. The van der Waals surface area contributed by atoms with E-state index in [-0.39, 0.29) is 0 Å². The van der Waals surface area contributed by atoms with Gasteiger partial charge in [-0.2, -0.15) is 0 Å². The number of carbonyl (C=O) groups is 4. The summed E-state index contributed by atoms with van der Waals surface area (Å²) in [5.74, 6) is -8.05. The van der Waals surface area contributed by atoms with E-state index in [0.717, 1.165) is 13.8 Å². The SMILES string of the molecule is CC(=O)N[C@H]1[C@H](O[C@H](C)[C@H](N)C(=O)O)O[C@H](CO)[C@@H](O[C@@H]2O[C@H](CO)[C@H](O)[C@H](O[C@]3(C(=O)O)C[C@H](O)[C@@H](NC(C)=O)[C@H]([C@H](O)[C@H](O)CO)O3)[C@H]2O)[C@@H]1O. The van der Waals surface area contributed by atoms with Crippen LogP contribution in [0.1, 0.15) is 27.2 Å². The van der Waals surface area contributed by atoms with Gasteiger partial charge in [0.05, 0.1) is 38.1 Å². The third kappa shape index (κ3) is 10.1. The van der Waals surface area contributed by atoms with Crippen LogP contribution in [0.5, 0.6) is 0 Å². The molecule has 0 unspecified atom stereocenters. The zero-order chi connectivity index (χ0) is 40.1. The number of carboxylic acid groups (broad SMARTS) is 2. The van der Waals surface area contributed by atoms with Crippen LogP contribution in [0, 0.1) is 0 Å². The smallest absolute Gasteiger partial charge is 0.364 e. The van der Waals surface area contributed by atoms with Crippen LogP contribution in [0.15, 0.2) is 0 Å². The molecule has 0 saturated carbocycles. The molecule has 3 fully saturated rings. The van der Waals surface area contributed by atoms with Crippen molar-refractivity contribution in [2.75, 3.05) is 19.8 Å². The molecule has 15 N–H and O–H groups in total. The van der Waals surface area contributed by atoms with Crippen molar-refractivity contribution < 1.29 is 104 Å². The van der Waals surface area contributed by atoms with Crippen LogP contribution in [-0.2, 0) is 47.6 Å². The summed E-state index contributed by atoms with van der Waals surface area (Å²) in [6, 6.07) is -4.71. The van der Waals surface area contributed by atoms with Crippen molar-refractivity contribution in [3.05, 3.63) is 0 Å². The van der Waals surface area contributed by atoms with Crippen molar-refractivity contribution in [1.82, 2.24) is 10.6 Å². The van der Waals surface area contributed by atoms with Crippen molar-refractivity contribution >= 4 is 23.8 Å². The number of nitrogens with one attached hydrogen (secondary N) is 2. The number of rotatable bonds is 16. The van der Waals surface area contributed by atoms with Crippen LogP contribution >= 0.6 is 0 Å². The summed E-state index contributed by atoms with van der Waals surface area (Å²) >= 11 is 0. The number of aliphatic hydroxyl groups excluding tert-OH is 9. The molecule has 306 valence electrons. The summed E-state index contributed by atoms with van der Waals surface area (Å²) in [7, 11) is 0. The van der Waals surface area contributed by atoms with Gasteiger partial charge in [-0.3, -0.25) is 14.4 Å². The van der Waals surface area contributed by atoms with Gasteiger partial charge in [-0.1, -0.05) is 0 Å². The Morgan fingerprint density at radius 1 is 0.849 bits per heavy atom. The van der Waals surface area contributed by atoms with Crippen LogP contribution in [0.3, 0.4) is 0 Å². The van der Waals surface area contributed by atoms with Gasteiger partial charge in [0, 0.05) is 20.3 Å². The average molecular weight is 776 g/mol. The van der Waals surface area contributed by atoms with Gasteiger partial charge in [-0.05, 0) is 6.92 Å². The van der Waals surface area contributed by atoms with E-state index in [0.29, 0.717) is 0 Å². The third-order valence-corrected chi connectivity index (χ3v) is 8.99. The van der Waals surface area contributed by atoms with Gasteiger partial charge in [-0.15, -0.1) is 0 Å². The van der Waals surface area contributed by atoms with Gasteiger partial charge < -0.3 is 101 Å². The number of nitrogens with two attached hydrogens (primary N) is 1. The van der Waals surface area contributed by atoms with E-state index in [1.165, 1.54) is 6.92 Å². The molecule has 0 aromatic heterocycles. The molecule has 0 aromatic rings. The predicted octanol–water partition coefficient (Wildman–Crippen LogP) is -8.25. The second-order valence-corrected chi connectivity index (χ2v) is 12.9. The molecule has 18 atom stereocenters. The van der Waals surface area contributed by atoms with Crippen molar-refractivity contribution in [2.24, 2.45) is 5.73 Å². The highest BCUT2D eigenvalue weighted by Crippen LogP contribution is 2.38. The third-order valence-electron chi connectivity index (χ3n) is 8.99. The molecular weight excluding hydrogens is 726 g/mol. The van der Waals surface area contributed by atoms with Crippen LogP contribution in [0.4, 0.5) is 0 Å². The molecule has 24 heteroatoms. The topological polar surface area (TPSA) is 396 Å². The number of amides is 2. The lowest BCUT2D eigenvalue weighted by Crippen LogP contribution is -2.71. The zero-order valence-corrected chi connectivity index (χ0v) is 28.7. The number of hydrogen-bond acceptors (Lipinski definition) is 20. The minimum atomic E-state index is -3.08. The Morgan fingerprint density at radius 2 is 1.42 bits per heavy atom. The molecule has 3 aliphatic rings. The van der Waals surface area contributed by atoms with E-state index in [1.807, 2.05) is 0 Å². The first-order chi connectivity index (χ1) is 24.7. The lowest BCUT2D eigenvalue weighted by Gasteiger charge is -2.51. The van der Waals surface area contributed by atoms with Gasteiger partial charge in [0.1, 0.15) is 73.1 Å². The molecule has 2 amide bonds. The fraction of sp³-hybridized carbons (Fsp3) is 0.862. The lowest BCUT2D eigenvalue weighted by atomic mass is 9.88. The molecule has 24 nitrogen and oxygen atoms in total. The van der Waals surface area contributed by atoms with E-state index in [2.05, 4.69) is 10.6 Å². The summed E-state index contributed by atoms with van der Waals surface area (Å²) < 4.78 is 33.7. The molecule has 0 bridgehead atoms. The summed E-state index contributed by atoms with van der Waals surface area (Å²) in [5.41, 5.74) is 5.60. The van der Waals surface area contributed by atoms with Crippen LogP contribution in [-0.4, -0.2) is 209 Å². The summed E-state index contributed by atoms with van der Waals surface area (Å²) in [4.78, 5) is 48.0. The Kier molecular flexibility index (Phi) is 15.8. The van der Waals surface area contributed by atoms with Crippen molar-refractivity contribution in [2.45, 2.75) is 137 Å². The minimum Gasteiger partial charge on any atom is -0.480 e. The second-order valence-electron chi connectivity index (χ2n) is 12.9. The molecule has 0 radical (unpaired) electrons. The monoisotopic (exact) mass is 775 g/mol. The normalized spacial score (nSPS) is 40.0. The number of aliphatic hydroxyl groups is 9. The Morgan fingerprint density at radius 3 is 1.92 bits per heavy atom. The summed E-state index contributed by atoms with van der Waals surface area (Å²) in [6.07, 6.45) is -27.5. The second kappa shape index (κ2) is 18.7. The fourth-order valence-corrected chi connectivity index (χ4v) is 6.16. The van der Waals surface area contributed by atoms with Gasteiger partial charge in [0.25, 0.3) is 5.79 Å². The molecule has 3 aliphatic heterocycles. The Balaban J connectivity index is 1.96. The molecule has 3 rings (SSSR count). The predicted molar refractivity (Wildman–Crippen MR) is 166 cm³/mol. The van der Waals surface area contributed by atoms with Gasteiger partial charge in [-0.25, -0.2) is 4.79 Å². The Hall–Kier alpha value is -2.76. The average Bonchev–Trinajstić information content (AvgIpc) is 3.09.